The first-order valence-electron chi connectivity index (χ1n) is 13.2. The Morgan fingerprint density at radius 1 is 0.902 bits per heavy atom. The Morgan fingerprint density at radius 2 is 1.66 bits per heavy atom. The average molecular weight is 558 g/mol. The summed E-state index contributed by atoms with van der Waals surface area (Å²) in [4.78, 5) is 52.4. The Labute approximate surface area is 237 Å². The number of benzene rings is 3. The van der Waals surface area contributed by atoms with E-state index in [0.717, 1.165) is 16.9 Å². The molecule has 0 saturated carbocycles. The first-order chi connectivity index (χ1) is 19.8. The lowest BCUT2D eigenvalue weighted by Crippen LogP contribution is -2.54. The molecule has 4 rings (SSSR count). The molecule has 1 heterocycles. The molecular weight excluding hydrogens is 526 g/mol. The fourth-order valence-corrected chi connectivity index (χ4v) is 4.06. The second-order valence-corrected chi connectivity index (χ2v) is 9.06. The van der Waals surface area contributed by atoms with Gasteiger partial charge in [0, 0.05) is 17.3 Å². The molecule has 41 heavy (non-hydrogen) atoms. The molecule has 1 fully saturated rings. The third-order valence-electron chi connectivity index (χ3n) is 6.05. The SMILES string of the molecule is CCCOc1ccc(N2C(=O)NC(=O)/C(=C\c3ccccc3OCC(=O)Nc3ccccc3C)C2=O)cc1OCC. The largest absolute Gasteiger partial charge is 0.490 e. The second kappa shape index (κ2) is 13.3. The molecule has 212 valence electrons. The molecule has 5 amide bonds. The lowest BCUT2D eigenvalue weighted by Gasteiger charge is -2.27. The van der Waals surface area contributed by atoms with Crippen molar-refractivity contribution in [2.75, 3.05) is 30.0 Å². The highest BCUT2D eigenvalue weighted by atomic mass is 16.5. The van der Waals surface area contributed by atoms with E-state index in [4.69, 9.17) is 14.2 Å². The standard InChI is InChI=1S/C31H31N3O7/c1-4-16-40-26-15-14-22(18-27(26)39-5-2)34-30(37)23(29(36)33-31(34)38)17-21-11-7-9-13-25(21)41-19-28(35)32-24-12-8-6-10-20(24)3/h6-15,17-18H,4-5,16,19H2,1-3H3,(H,32,35)(H,33,36,38)/b23-17+. The van der Waals surface area contributed by atoms with Crippen LogP contribution >= 0.6 is 0 Å². The molecule has 0 bridgehead atoms. The van der Waals surface area contributed by atoms with E-state index in [-0.39, 0.29) is 29.5 Å². The summed E-state index contributed by atoms with van der Waals surface area (Å²) in [7, 11) is 0. The molecule has 1 aliphatic rings. The number of aryl methyl sites for hydroxylation is 1. The summed E-state index contributed by atoms with van der Waals surface area (Å²) in [5, 5.41) is 5.01. The van der Waals surface area contributed by atoms with Crippen molar-refractivity contribution in [2.24, 2.45) is 0 Å². The summed E-state index contributed by atoms with van der Waals surface area (Å²) in [6, 6.07) is 17.8. The summed E-state index contributed by atoms with van der Waals surface area (Å²) < 4.78 is 17.1. The van der Waals surface area contributed by atoms with Gasteiger partial charge in [-0.2, -0.15) is 0 Å². The van der Waals surface area contributed by atoms with Crippen molar-refractivity contribution in [3.63, 3.8) is 0 Å². The third-order valence-corrected chi connectivity index (χ3v) is 6.05. The maximum absolute atomic E-state index is 13.5. The predicted molar refractivity (Wildman–Crippen MR) is 154 cm³/mol. The van der Waals surface area contributed by atoms with E-state index in [9.17, 15) is 19.2 Å². The average Bonchev–Trinajstić information content (AvgIpc) is 2.95. The van der Waals surface area contributed by atoms with E-state index in [1.165, 1.54) is 12.1 Å². The van der Waals surface area contributed by atoms with Gasteiger partial charge in [-0.1, -0.05) is 43.3 Å². The monoisotopic (exact) mass is 557 g/mol. The number of para-hydroxylation sites is 2. The summed E-state index contributed by atoms with van der Waals surface area (Å²) in [6.45, 7) is 6.17. The van der Waals surface area contributed by atoms with Crippen molar-refractivity contribution in [2.45, 2.75) is 27.2 Å². The maximum Gasteiger partial charge on any atom is 0.335 e. The topological polar surface area (TPSA) is 123 Å². The van der Waals surface area contributed by atoms with Gasteiger partial charge in [0.15, 0.2) is 18.1 Å². The molecule has 0 unspecified atom stereocenters. The quantitative estimate of drug-likeness (QED) is 0.255. The van der Waals surface area contributed by atoms with E-state index < -0.39 is 17.8 Å². The van der Waals surface area contributed by atoms with Crippen LogP contribution in [0, 0.1) is 6.92 Å². The molecular formula is C31H31N3O7. The first kappa shape index (κ1) is 28.9. The van der Waals surface area contributed by atoms with Crippen LogP contribution in [0.15, 0.2) is 72.3 Å². The molecule has 1 saturated heterocycles. The summed E-state index contributed by atoms with van der Waals surface area (Å²) in [6.07, 6.45) is 2.12. The van der Waals surface area contributed by atoms with Crippen molar-refractivity contribution < 1.29 is 33.4 Å². The summed E-state index contributed by atoms with van der Waals surface area (Å²) in [5.74, 6) is -0.927. The fourth-order valence-electron chi connectivity index (χ4n) is 4.06. The second-order valence-electron chi connectivity index (χ2n) is 9.06. The van der Waals surface area contributed by atoms with Crippen molar-refractivity contribution in [1.82, 2.24) is 5.32 Å². The molecule has 1 aliphatic heterocycles. The molecule has 0 radical (unpaired) electrons. The molecule has 10 heteroatoms. The Morgan fingerprint density at radius 3 is 2.41 bits per heavy atom. The van der Waals surface area contributed by atoms with E-state index in [2.05, 4.69) is 10.6 Å². The van der Waals surface area contributed by atoms with Gasteiger partial charge < -0.3 is 19.5 Å². The van der Waals surface area contributed by atoms with Crippen LogP contribution in [0.2, 0.25) is 0 Å². The Kier molecular flexibility index (Phi) is 9.36. The molecule has 3 aromatic carbocycles. The maximum atomic E-state index is 13.5. The van der Waals surface area contributed by atoms with Crippen molar-refractivity contribution in [3.05, 3.63) is 83.4 Å². The fraction of sp³-hybridized carbons (Fsp3) is 0.226. The number of hydrogen-bond donors (Lipinski definition) is 2. The van der Waals surface area contributed by atoms with E-state index in [1.807, 2.05) is 32.0 Å². The number of carbonyl (C=O) groups is 4. The van der Waals surface area contributed by atoms with Crippen LogP contribution in [0.4, 0.5) is 16.2 Å². The number of amides is 5. The van der Waals surface area contributed by atoms with Gasteiger partial charge in [0.1, 0.15) is 11.3 Å². The van der Waals surface area contributed by atoms with E-state index in [0.29, 0.717) is 36.0 Å². The van der Waals surface area contributed by atoms with Gasteiger partial charge in [-0.25, -0.2) is 9.69 Å². The Balaban J connectivity index is 1.57. The molecule has 0 aromatic heterocycles. The number of rotatable bonds is 11. The van der Waals surface area contributed by atoms with Gasteiger partial charge in [-0.15, -0.1) is 0 Å². The van der Waals surface area contributed by atoms with Crippen LogP contribution in [0.3, 0.4) is 0 Å². The van der Waals surface area contributed by atoms with Gasteiger partial charge in [0.25, 0.3) is 17.7 Å². The highest BCUT2D eigenvalue weighted by molar-refractivity contribution is 6.39. The lowest BCUT2D eigenvalue weighted by atomic mass is 10.1. The van der Waals surface area contributed by atoms with Crippen LogP contribution < -0.4 is 29.7 Å². The number of ether oxygens (including phenoxy) is 3. The summed E-state index contributed by atoms with van der Waals surface area (Å²) in [5.41, 5.74) is 1.87. The number of nitrogens with zero attached hydrogens (tertiary/aromatic N) is 1. The predicted octanol–water partition coefficient (Wildman–Crippen LogP) is 4.87. The minimum Gasteiger partial charge on any atom is -0.490 e. The van der Waals surface area contributed by atoms with Crippen LogP contribution in [0.5, 0.6) is 17.2 Å². The van der Waals surface area contributed by atoms with E-state index in [1.54, 1.807) is 49.4 Å². The molecule has 0 aliphatic carbocycles. The Hall–Kier alpha value is -5.12. The van der Waals surface area contributed by atoms with Gasteiger partial charge in [-0.3, -0.25) is 19.7 Å². The molecule has 0 spiro atoms. The Bertz CT molecular complexity index is 1500. The highest BCUT2D eigenvalue weighted by Crippen LogP contribution is 2.34. The number of carbonyl (C=O) groups excluding carboxylic acids is 4. The minimum atomic E-state index is -0.890. The van der Waals surface area contributed by atoms with Gasteiger partial charge >= 0.3 is 6.03 Å². The zero-order chi connectivity index (χ0) is 29.4. The number of urea groups is 1. The smallest absolute Gasteiger partial charge is 0.335 e. The third kappa shape index (κ3) is 6.91. The minimum absolute atomic E-state index is 0.204. The highest BCUT2D eigenvalue weighted by Gasteiger charge is 2.37. The molecule has 10 nitrogen and oxygen atoms in total. The zero-order valence-corrected chi connectivity index (χ0v) is 23.1. The van der Waals surface area contributed by atoms with Crippen molar-refractivity contribution in [1.29, 1.82) is 0 Å². The molecule has 3 aromatic rings. The number of hydrogen-bond acceptors (Lipinski definition) is 7. The van der Waals surface area contributed by atoms with Crippen LogP contribution in [0.25, 0.3) is 6.08 Å². The first-order valence-corrected chi connectivity index (χ1v) is 13.2. The summed E-state index contributed by atoms with van der Waals surface area (Å²) >= 11 is 0. The van der Waals surface area contributed by atoms with Crippen molar-refractivity contribution in [3.8, 4) is 17.2 Å². The number of barbiturate groups is 1. The van der Waals surface area contributed by atoms with Gasteiger partial charge in [-0.05, 0) is 56.2 Å². The number of nitrogens with one attached hydrogen (secondary N) is 2. The molecule has 0 atom stereocenters. The van der Waals surface area contributed by atoms with Crippen LogP contribution in [0.1, 0.15) is 31.4 Å². The normalized spacial score (nSPS) is 14.1. The van der Waals surface area contributed by atoms with E-state index >= 15 is 0 Å². The van der Waals surface area contributed by atoms with Crippen LogP contribution in [-0.4, -0.2) is 43.6 Å². The number of anilines is 2. The van der Waals surface area contributed by atoms with Crippen LogP contribution in [-0.2, 0) is 14.4 Å². The lowest BCUT2D eigenvalue weighted by molar-refractivity contribution is -0.122. The van der Waals surface area contributed by atoms with Gasteiger partial charge in [0.05, 0.1) is 18.9 Å². The zero-order valence-electron chi connectivity index (χ0n) is 23.1. The van der Waals surface area contributed by atoms with Crippen molar-refractivity contribution >= 4 is 41.2 Å². The number of imide groups is 2. The van der Waals surface area contributed by atoms with Gasteiger partial charge in [0.2, 0.25) is 0 Å². The molecule has 2 N–H and O–H groups in total.